The quantitative estimate of drug-likeness (QED) is 0.754. The van der Waals surface area contributed by atoms with Crippen LogP contribution in [0.15, 0.2) is 0 Å². The molecule has 4 nitrogen and oxygen atoms in total. The lowest BCUT2D eigenvalue weighted by Crippen LogP contribution is -2.40. The zero-order valence-corrected chi connectivity index (χ0v) is 9.41. The maximum Gasteiger partial charge on any atom is 0.246 e. The highest BCUT2D eigenvalue weighted by atomic mass is 16.5. The van der Waals surface area contributed by atoms with Crippen LogP contribution in [0.5, 0.6) is 0 Å². The van der Waals surface area contributed by atoms with Gasteiger partial charge in [-0.15, -0.1) is 0 Å². The third-order valence-electron chi connectivity index (χ3n) is 2.94. The van der Waals surface area contributed by atoms with Crippen molar-refractivity contribution in [3.63, 3.8) is 0 Å². The number of ether oxygens (including phenoxy) is 1. The Morgan fingerprint density at radius 3 is 2.33 bits per heavy atom. The summed E-state index contributed by atoms with van der Waals surface area (Å²) in [4.78, 5) is 22.3. The summed E-state index contributed by atoms with van der Waals surface area (Å²) in [7, 11) is 1.51. The van der Waals surface area contributed by atoms with E-state index in [1.165, 1.54) is 7.11 Å². The lowest BCUT2D eigenvalue weighted by Gasteiger charge is -2.27. The molecule has 0 bridgehead atoms. The van der Waals surface area contributed by atoms with Gasteiger partial charge in [0.25, 0.3) is 0 Å². The summed E-state index contributed by atoms with van der Waals surface area (Å²) in [5, 5.41) is 2.90. The van der Waals surface area contributed by atoms with Gasteiger partial charge in [0.1, 0.15) is 12.4 Å². The Hall–Kier alpha value is -0.900. The van der Waals surface area contributed by atoms with Crippen LogP contribution in [-0.2, 0) is 14.3 Å². The van der Waals surface area contributed by atoms with Gasteiger partial charge < -0.3 is 10.1 Å². The van der Waals surface area contributed by atoms with Crippen LogP contribution in [0.4, 0.5) is 0 Å². The molecule has 1 fully saturated rings. The number of hydrogen-bond acceptors (Lipinski definition) is 3. The first-order chi connectivity index (χ1) is 7.13. The number of Topliss-reactive ketones (excluding diaryl/α,β-unsaturated/α-hetero) is 1. The molecule has 0 aromatic heterocycles. The topological polar surface area (TPSA) is 55.4 Å². The maximum atomic E-state index is 11.2. The molecule has 0 radical (unpaired) electrons. The molecule has 1 aliphatic carbocycles. The Morgan fingerprint density at radius 1 is 1.27 bits per heavy atom. The van der Waals surface area contributed by atoms with Crippen LogP contribution < -0.4 is 5.32 Å². The van der Waals surface area contributed by atoms with Crippen molar-refractivity contribution in [1.82, 2.24) is 5.32 Å². The molecule has 1 aliphatic rings. The summed E-state index contributed by atoms with van der Waals surface area (Å²) in [5.41, 5.74) is 0. The van der Waals surface area contributed by atoms with Gasteiger partial charge in [-0.2, -0.15) is 0 Å². The molecule has 0 heterocycles. The summed E-state index contributed by atoms with van der Waals surface area (Å²) in [6, 6.07) is 0.225. The number of amides is 1. The van der Waals surface area contributed by atoms with E-state index in [1.807, 2.05) is 0 Å². The van der Waals surface area contributed by atoms with Gasteiger partial charge in [-0.05, 0) is 32.6 Å². The first-order valence-electron chi connectivity index (χ1n) is 5.42. The minimum atomic E-state index is -0.0659. The molecule has 1 rings (SSSR count). The number of ketones is 1. The second-order valence-corrected chi connectivity index (χ2v) is 4.16. The van der Waals surface area contributed by atoms with Gasteiger partial charge >= 0.3 is 0 Å². The van der Waals surface area contributed by atoms with Crippen molar-refractivity contribution in [3.05, 3.63) is 0 Å². The van der Waals surface area contributed by atoms with E-state index in [4.69, 9.17) is 4.74 Å². The predicted molar refractivity (Wildman–Crippen MR) is 56.4 cm³/mol. The molecule has 1 saturated carbocycles. The van der Waals surface area contributed by atoms with Crippen LogP contribution in [0.1, 0.15) is 32.6 Å². The Labute approximate surface area is 90.4 Å². The van der Waals surface area contributed by atoms with Gasteiger partial charge in [0.15, 0.2) is 0 Å². The highest BCUT2D eigenvalue weighted by molar-refractivity contribution is 5.79. The molecule has 0 aromatic carbocycles. The molecular weight excluding hydrogens is 194 g/mol. The van der Waals surface area contributed by atoms with E-state index in [1.54, 1.807) is 6.92 Å². The lowest BCUT2D eigenvalue weighted by atomic mass is 9.84. The molecule has 1 amide bonds. The smallest absolute Gasteiger partial charge is 0.246 e. The van der Waals surface area contributed by atoms with E-state index < -0.39 is 0 Å². The minimum absolute atomic E-state index is 0.0659. The van der Waals surface area contributed by atoms with Crippen LogP contribution in [0.25, 0.3) is 0 Å². The third-order valence-corrected chi connectivity index (χ3v) is 2.94. The summed E-state index contributed by atoms with van der Waals surface area (Å²) in [6.07, 6.45) is 3.60. The van der Waals surface area contributed by atoms with Crippen molar-refractivity contribution in [3.8, 4) is 0 Å². The highest BCUT2D eigenvalue weighted by Gasteiger charge is 2.24. The molecule has 0 spiro atoms. The molecule has 15 heavy (non-hydrogen) atoms. The van der Waals surface area contributed by atoms with E-state index >= 15 is 0 Å². The first kappa shape index (κ1) is 12.2. The van der Waals surface area contributed by atoms with Crippen molar-refractivity contribution in [2.45, 2.75) is 38.6 Å². The molecule has 0 unspecified atom stereocenters. The SMILES string of the molecule is COCC(=O)N[C@H]1CC[C@H](C(C)=O)CC1. The van der Waals surface area contributed by atoms with Crippen molar-refractivity contribution in [1.29, 1.82) is 0 Å². The largest absolute Gasteiger partial charge is 0.375 e. The zero-order chi connectivity index (χ0) is 11.3. The van der Waals surface area contributed by atoms with Gasteiger partial charge in [-0.25, -0.2) is 0 Å². The van der Waals surface area contributed by atoms with Crippen LogP contribution in [-0.4, -0.2) is 31.4 Å². The van der Waals surface area contributed by atoms with Crippen molar-refractivity contribution in [2.75, 3.05) is 13.7 Å². The molecule has 0 saturated heterocycles. The highest BCUT2D eigenvalue weighted by Crippen LogP contribution is 2.24. The van der Waals surface area contributed by atoms with E-state index in [0.29, 0.717) is 0 Å². The fourth-order valence-electron chi connectivity index (χ4n) is 2.04. The van der Waals surface area contributed by atoms with Gasteiger partial charge in [0.2, 0.25) is 5.91 Å². The van der Waals surface area contributed by atoms with E-state index in [-0.39, 0.29) is 30.3 Å². The van der Waals surface area contributed by atoms with Crippen molar-refractivity contribution < 1.29 is 14.3 Å². The minimum Gasteiger partial charge on any atom is -0.375 e. The Balaban J connectivity index is 2.25. The monoisotopic (exact) mass is 213 g/mol. The Morgan fingerprint density at radius 2 is 1.87 bits per heavy atom. The maximum absolute atomic E-state index is 11.2. The predicted octanol–water partition coefficient (Wildman–Crippen LogP) is 0.897. The molecule has 0 aliphatic heterocycles. The number of hydrogen-bond donors (Lipinski definition) is 1. The Kier molecular flexibility index (Phi) is 4.75. The fourth-order valence-corrected chi connectivity index (χ4v) is 2.04. The lowest BCUT2D eigenvalue weighted by molar-refractivity contribution is -0.125. The summed E-state index contributed by atoms with van der Waals surface area (Å²) in [5.74, 6) is 0.418. The molecule has 1 N–H and O–H groups in total. The average molecular weight is 213 g/mol. The second-order valence-electron chi connectivity index (χ2n) is 4.16. The number of carbonyl (C=O) groups is 2. The molecule has 86 valence electrons. The van der Waals surface area contributed by atoms with Crippen molar-refractivity contribution in [2.24, 2.45) is 5.92 Å². The summed E-state index contributed by atoms with van der Waals surface area (Å²) >= 11 is 0. The van der Waals surface area contributed by atoms with Crippen LogP contribution in [0.2, 0.25) is 0 Å². The van der Waals surface area contributed by atoms with Gasteiger partial charge in [0, 0.05) is 19.1 Å². The van der Waals surface area contributed by atoms with Gasteiger partial charge in [-0.1, -0.05) is 0 Å². The molecule has 0 atom stereocenters. The normalized spacial score (nSPS) is 26.0. The van der Waals surface area contributed by atoms with E-state index in [9.17, 15) is 9.59 Å². The first-order valence-corrected chi connectivity index (χ1v) is 5.42. The average Bonchev–Trinajstić information content (AvgIpc) is 2.18. The number of methoxy groups -OCH3 is 1. The fraction of sp³-hybridized carbons (Fsp3) is 0.818. The van der Waals surface area contributed by atoms with E-state index in [0.717, 1.165) is 25.7 Å². The molecular formula is C11H19NO3. The zero-order valence-electron chi connectivity index (χ0n) is 9.41. The number of rotatable bonds is 4. The summed E-state index contributed by atoms with van der Waals surface area (Å²) in [6.45, 7) is 1.77. The standard InChI is InChI=1S/C11H19NO3/c1-8(13)9-3-5-10(6-4-9)12-11(14)7-15-2/h9-10H,3-7H2,1-2H3,(H,12,14)/t9-,10-. The molecule has 0 aromatic rings. The number of nitrogens with one attached hydrogen (secondary N) is 1. The van der Waals surface area contributed by atoms with Crippen molar-refractivity contribution >= 4 is 11.7 Å². The second kappa shape index (κ2) is 5.85. The van der Waals surface area contributed by atoms with E-state index in [2.05, 4.69) is 5.32 Å². The summed E-state index contributed by atoms with van der Waals surface area (Å²) < 4.78 is 4.74. The molecule has 4 heteroatoms. The third kappa shape index (κ3) is 4.00. The Bertz CT molecular complexity index is 232. The van der Waals surface area contributed by atoms with Crippen LogP contribution in [0, 0.1) is 5.92 Å². The van der Waals surface area contributed by atoms with Gasteiger partial charge in [0.05, 0.1) is 0 Å². The number of carbonyl (C=O) groups excluding carboxylic acids is 2. The van der Waals surface area contributed by atoms with Crippen LogP contribution >= 0.6 is 0 Å². The van der Waals surface area contributed by atoms with Crippen LogP contribution in [0.3, 0.4) is 0 Å². The van der Waals surface area contributed by atoms with Gasteiger partial charge in [-0.3, -0.25) is 9.59 Å².